The number of nitrogens with one attached hydrogen (secondary N) is 1. The van der Waals surface area contributed by atoms with Gasteiger partial charge in [0.25, 0.3) is 0 Å². The molecule has 0 radical (unpaired) electrons. The summed E-state index contributed by atoms with van der Waals surface area (Å²) in [5, 5.41) is 13.0. The van der Waals surface area contributed by atoms with Crippen molar-refractivity contribution in [3.8, 4) is 0 Å². The molecule has 210 valence electrons. The first-order valence-electron chi connectivity index (χ1n) is 14.1. The smallest absolute Gasteiger partial charge is 0.417 e. The molecule has 36 heavy (non-hydrogen) atoms. The fourth-order valence-corrected chi connectivity index (χ4v) is 8.86. The summed E-state index contributed by atoms with van der Waals surface area (Å²) in [6, 6.07) is 0. The summed E-state index contributed by atoms with van der Waals surface area (Å²) in [5.74, 6) is 0.393. The largest absolute Gasteiger partial charge is 0.471 e. The highest BCUT2D eigenvalue weighted by molar-refractivity contribution is 6.74. The van der Waals surface area contributed by atoms with E-state index in [4.69, 9.17) is 4.43 Å². The predicted molar refractivity (Wildman–Crippen MR) is 140 cm³/mol. The summed E-state index contributed by atoms with van der Waals surface area (Å²) < 4.78 is 45.9. The van der Waals surface area contributed by atoms with E-state index < -0.39 is 20.4 Å². The number of aliphatic hydroxyl groups is 1. The van der Waals surface area contributed by atoms with Crippen molar-refractivity contribution in [2.45, 2.75) is 110 Å². The minimum atomic E-state index is -4.86. The molecule has 4 nitrogen and oxygen atoms in total. The zero-order valence-electron chi connectivity index (χ0n) is 23.7. The van der Waals surface area contributed by atoms with Gasteiger partial charge in [-0.3, -0.25) is 4.79 Å². The van der Waals surface area contributed by atoms with Crippen molar-refractivity contribution in [2.75, 3.05) is 13.2 Å². The molecule has 3 rings (SSSR count). The molecule has 2 N–H and O–H groups in total. The van der Waals surface area contributed by atoms with Crippen LogP contribution in [0.2, 0.25) is 18.1 Å². The Morgan fingerprint density at radius 3 is 2.31 bits per heavy atom. The number of halogens is 3. The van der Waals surface area contributed by atoms with Gasteiger partial charge in [-0.2, -0.15) is 13.2 Å². The summed E-state index contributed by atoms with van der Waals surface area (Å²) in [5.41, 5.74) is -0.153. The first-order chi connectivity index (χ1) is 16.4. The summed E-state index contributed by atoms with van der Waals surface area (Å²) in [6.45, 7) is 18.7. The molecule has 0 saturated heterocycles. The van der Waals surface area contributed by atoms with Crippen LogP contribution in [0.15, 0.2) is 0 Å². The molecule has 1 amide bonds. The summed E-state index contributed by atoms with van der Waals surface area (Å²) in [7, 11) is -2.00. The lowest BCUT2D eigenvalue weighted by molar-refractivity contribution is -0.174. The van der Waals surface area contributed by atoms with Crippen molar-refractivity contribution < 1.29 is 27.5 Å². The SMILES string of the molecule is C[C@@H]1C[C@H]([C@@]2(C)CC[C@H](O)C[C@@H]2CO[Si](C)(C)C(C)(C)C)[C@@H](CNC(=O)C(F)(F)F)[C@H]2CC[C@H](C)[C@@H]21. The van der Waals surface area contributed by atoms with Crippen molar-refractivity contribution >= 4 is 14.2 Å². The van der Waals surface area contributed by atoms with Crippen LogP contribution in [0.3, 0.4) is 0 Å². The Hall–Kier alpha value is -0.603. The molecule has 3 fully saturated rings. The number of rotatable bonds is 6. The van der Waals surface area contributed by atoms with Crippen molar-refractivity contribution in [1.29, 1.82) is 0 Å². The van der Waals surface area contributed by atoms with E-state index >= 15 is 0 Å². The zero-order chi connectivity index (χ0) is 27.3. The molecular formula is C28H50F3NO3Si. The van der Waals surface area contributed by atoms with E-state index in [0.29, 0.717) is 43.1 Å². The van der Waals surface area contributed by atoms with E-state index in [2.05, 4.69) is 60.0 Å². The number of hydrogen-bond acceptors (Lipinski definition) is 3. The minimum absolute atomic E-state index is 0.0121. The van der Waals surface area contributed by atoms with E-state index in [-0.39, 0.29) is 40.9 Å². The van der Waals surface area contributed by atoms with Crippen LogP contribution in [0.1, 0.15) is 80.1 Å². The van der Waals surface area contributed by atoms with Gasteiger partial charge in [-0.1, -0.05) is 48.0 Å². The molecule has 0 spiro atoms. The van der Waals surface area contributed by atoms with E-state index in [0.717, 1.165) is 25.7 Å². The van der Waals surface area contributed by atoms with Gasteiger partial charge in [-0.15, -0.1) is 0 Å². The Morgan fingerprint density at radius 2 is 1.72 bits per heavy atom. The lowest BCUT2D eigenvalue weighted by atomic mass is 9.50. The summed E-state index contributed by atoms with van der Waals surface area (Å²) in [6.07, 6.45) is 0.0705. The van der Waals surface area contributed by atoms with Crippen LogP contribution in [0.4, 0.5) is 13.2 Å². The predicted octanol–water partition coefficient (Wildman–Crippen LogP) is 6.79. The van der Waals surface area contributed by atoms with Crippen molar-refractivity contribution in [3.05, 3.63) is 0 Å². The third kappa shape index (κ3) is 6.01. The summed E-state index contributed by atoms with van der Waals surface area (Å²) >= 11 is 0. The molecule has 0 heterocycles. The van der Waals surface area contributed by atoms with E-state index in [9.17, 15) is 23.1 Å². The van der Waals surface area contributed by atoms with Crippen molar-refractivity contribution in [3.63, 3.8) is 0 Å². The second kappa shape index (κ2) is 10.5. The van der Waals surface area contributed by atoms with Gasteiger partial charge < -0.3 is 14.8 Å². The number of amides is 1. The molecule has 3 saturated carbocycles. The minimum Gasteiger partial charge on any atom is -0.417 e. The average molecular weight is 534 g/mol. The van der Waals surface area contributed by atoms with Crippen LogP contribution < -0.4 is 5.32 Å². The van der Waals surface area contributed by atoms with Crippen LogP contribution >= 0.6 is 0 Å². The Labute approximate surface area is 217 Å². The van der Waals surface area contributed by atoms with Gasteiger partial charge >= 0.3 is 12.1 Å². The molecular weight excluding hydrogens is 483 g/mol. The fraction of sp³-hybridized carbons (Fsp3) is 0.964. The van der Waals surface area contributed by atoms with Crippen LogP contribution in [0.25, 0.3) is 0 Å². The highest BCUT2D eigenvalue weighted by atomic mass is 28.4. The summed E-state index contributed by atoms with van der Waals surface area (Å²) in [4.78, 5) is 11.8. The second-order valence-electron chi connectivity index (χ2n) is 14.2. The topological polar surface area (TPSA) is 58.6 Å². The highest BCUT2D eigenvalue weighted by Gasteiger charge is 2.56. The average Bonchev–Trinajstić information content (AvgIpc) is 3.14. The Kier molecular flexibility index (Phi) is 8.75. The number of carbonyl (C=O) groups excluding carboxylic acids is 1. The molecule has 0 aromatic carbocycles. The molecule has 3 aliphatic rings. The number of aliphatic hydroxyl groups excluding tert-OH is 1. The second-order valence-corrected chi connectivity index (χ2v) is 19.0. The fourth-order valence-electron chi connectivity index (χ4n) is 7.81. The third-order valence-electron chi connectivity index (χ3n) is 11.0. The van der Waals surface area contributed by atoms with Gasteiger partial charge in [-0.05, 0) is 97.1 Å². The molecule has 0 aromatic rings. The van der Waals surface area contributed by atoms with Crippen molar-refractivity contribution in [2.24, 2.45) is 46.8 Å². The lowest BCUT2D eigenvalue weighted by Crippen LogP contribution is -2.55. The van der Waals surface area contributed by atoms with E-state index in [1.807, 2.05) is 0 Å². The van der Waals surface area contributed by atoms with Crippen LogP contribution in [-0.2, 0) is 9.22 Å². The third-order valence-corrected chi connectivity index (χ3v) is 15.5. The van der Waals surface area contributed by atoms with Gasteiger partial charge in [-0.25, -0.2) is 0 Å². The van der Waals surface area contributed by atoms with E-state index in [1.165, 1.54) is 0 Å². The van der Waals surface area contributed by atoms with Crippen LogP contribution in [0.5, 0.6) is 0 Å². The lowest BCUT2D eigenvalue weighted by Gasteiger charge is -2.57. The maximum Gasteiger partial charge on any atom is 0.471 e. The Morgan fingerprint density at radius 1 is 1.08 bits per heavy atom. The van der Waals surface area contributed by atoms with Gasteiger partial charge in [0, 0.05) is 13.2 Å². The Balaban J connectivity index is 1.91. The monoisotopic (exact) mass is 533 g/mol. The van der Waals surface area contributed by atoms with Gasteiger partial charge in [0.15, 0.2) is 8.32 Å². The van der Waals surface area contributed by atoms with Crippen molar-refractivity contribution in [1.82, 2.24) is 5.32 Å². The zero-order valence-corrected chi connectivity index (χ0v) is 24.7. The van der Waals surface area contributed by atoms with Crippen LogP contribution in [-0.4, -0.2) is 44.8 Å². The molecule has 8 heteroatoms. The number of fused-ring (bicyclic) bond motifs is 1. The normalized spacial score (nSPS) is 40.1. The van der Waals surface area contributed by atoms with Crippen LogP contribution in [0, 0.1) is 46.8 Å². The number of alkyl halides is 3. The number of hydrogen-bond donors (Lipinski definition) is 2. The highest BCUT2D eigenvalue weighted by Crippen LogP contribution is 2.60. The molecule has 0 bridgehead atoms. The molecule has 9 atom stereocenters. The Bertz CT molecular complexity index is 783. The first kappa shape index (κ1) is 29.9. The van der Waals surface area contributed by atoms with Gasteiger partial charge in [0.1, 0.15) is 0 Å². The maximum absolute atomic E-state index is 13.1. The quantitative estimate of drug-likeness (QED) is 0.370. The van der Waals surface area contributed by atoms with E-state index in [1.54, 1.807) is 0 Å². The standard InChI is InChI=1S/C28H50F3NO3Si/c1-17-9-10-21-22(15-32-25(34)28(29,30)31)23(13-18(2)24(17)21)27(6)12-11-20(33)14-19(27)16-35-36(7,8)26(3,4)5/h17-24,33H,9-16H2,1-8H3,(H,32,34)/t17-,18+,19+,20-,21+,22-,23-,24+,27-/m0/s1. The molecule has 3 aliphatic carbocycles. The number of carbonyl (C=O) groups is 1. The molecule has 0 aliphatic heterocycles. The molecule has 0 unspecified atom stereocenters. The van der Waals surface area contributed by atoms with Gasteiger partial charge in [0.05, 0.1) is 6.10 Å². The maximum atomic E-state index is 13.1. The molecule has 0 aromatic heterocycles. The first-order valence-corrected chi connectivity index (χ1v) is 17.0. The van der Waals surface area contributed by atoms with Gasteiger partial charge in [0.2, 0.25) is 0 Å².